The minimum Gasteiger partial charge on any atom is -0.450 e. The third-order valence-corrected chi connectivity index (χ3v) is 5.89. The first-order chi connectivity index (χ1) is 14.0. The van der Waals surface area contributed by atoms with Gasteiger partial charge < -0.3 is 19.1 Å². The maximum Gasteiger partial charge on any atom is 0.320 e. The number of nitrogens with zero attached hydrogens (tertiary/aromatic N) is 3. The maximum atomic E-state index is 13.2. The van der Waals surface area contributed by atoms with E-state index in [0.29, 0.717) is 45.0 Å². The molecular weight excluding hydrogens is 366 g/mol. The number of rotatable bonds is 3. The Balaban J connectivity index is 1.55. The van der Waals surface area contributed by atoms with E-state index >= 15 is 0 Å². The van der Waals surface area contributed by atoms with Crippen molar-refractivity contribution in [2.45, 2.75) is 20.8 Å². The Morgan fingerprint density at radius 2 is 1.59 bits per heavy atom. The summed E-state index contributed by atoms with van der Waals surface area (Å²) in [5.41, 5.74) is 1.64. The highest BCUT2D eigenvalue weighted by atomic mass is 16.3. The van der Waals surface area contributed by atoms with Gasteiger partial charge in [-0.25, -0.2) is 4.79 Å². The van der Waals surface area contributed by atoms with Crippen molar-refractivity contribution in [1.82, 2.24) is 14.7 Å². The summed E-state index contributed by atoms with van der Waals surface area (Å²) in [7, 11) is 0. The van der Waals surface area contributed by atoms with Gasteiger partial charge in [0, 0.05) is 55.6 Å². The molecule has 0 spiro atoms. The number of urea groups is 1. The van der Waals surface area contributed by atoms with Gasteiger partial charge in [-0.3, -0.25) is 4.79 Å². The molecule has 3 aromatic rings. The smallest absolute Gasteiger partial charge is 0.320 e. The van der Waals surface area contributed by atoms with Crippen LogP contribution < -0.4 is 0 Å². The summed E-state index contributed by atoms with van der Waals surface area (Å²) in [4.78, 5) is 31.1. The first-order valence-electron chi connectivity index (χ1n) is 10.3. The average molecular weight is 393 g/mol. The minimum absolute atomic E-state index is 0.0495. The van der Waals surface area contributed by atoms with Crippen LogP contribution in [0.15, 0.2) is 40.8 Å². The molecule has 1 fully saturated rings. The Bertz CT molecular complexity index is 1060. The van der Waals surface area contributed by atoms with Gasteiger partial charge in [0.2, 0.25) is 0 Å². The van der Waals surface area contributed by atoms with Gasteiger partial charge >= 0.3 is 6.03 Å². The summed E-state index contributed by atoms with van der Waals surface area (Å²) in [6.07, 6.45) is 0. The summed E-state index contributed by atoms with van der Waals surface area (Å²) >= 11 is 0. The van der Waals surface area contributed by atoms with Gasteiger partial charge in [0.25, 0.3) is 5.91 Å². The van der Waals surface area contributed by atoms with Crippen LogP contribution in [0.3, 0.4) is 0 Å². The van der Waals surface area contributed by atoms with Gasteiger partial charge in [-0.1, -0.05) is 36.4 Å². The Morgan fingerprint density at radius 1 is 0.931 bits per heavy atom. The molecule has 1 aliphatic rings. The topological polar surface area (TPSA) is 57.0 Å². The van der Waals surface area contributed by atoms with Crippen LogP contribution in [-0.2, 0) is 0 Å². The predicted molar refractivity (Wildman–Crippen MR) is 114 cm³/mol. The number of furan rings is 1. The number of carbonyl (C=O) groups is 2. The van der Waals surface area contributed by atoms with Crippen LogP contribution in [0, 0.1) is 6.92 Å². The lowest BCUT2D eigenvalue weighted by Gasteiger charge is -2.36. The van der Waals surface area contributed by atoms with Crippen LogP contribution in [-0.4, -0.2) is 65.9 Å². The third-order valence-electron chi connectivity index (χ3n) is 5.89. The normalized spacial score (nSPS) is 14.6. The lowest BCUT2D eigenvalue weighted by Crippen LogP contribution is -2.54. The second-order valence-electron chi connectivity index (χ2n) is 7.45. The fraction of sp³-hybridized carbons (Fsp3) is 0.391. The summed E-state index contributed by atoms with van der Waals surface area (Å²) in [6, 6.07) is 12.2. The molecule has 0 radical (unpaired) electrons. The van der Waals surface area contributed by atoms with Crippen LogP contribution in [0.4, 0.5) is 4.79 Å². The van der Waals surface area contributed by atoms with E-state index in [-0.39, 0.29) is 11.9 Å². The maximum absolute atomic E-state index is 13.2. The molecule has 1 aromatic heterocycles. The van der Waals surface area contributed by atoms with E-state index in [9.17, 15) is 9.59 Å². The van der Waals surface area contributed by atoms with Crippen molar-refractivity contribution >= 4 is 33.7 Å². The molecule has 0 atom stereocenters. The molecule has 2 heterocycles. The molecule has 0 aliphatic carbocycles. The molecule has 3 amide bonds. The number of hydrogen-bond acceptors (Lipinski definition) is 3. The van der Waals surface area contributed by atoms with E-state index in [1.54, 1.807) is 4.90 Å². The monoisotopic (exact) mass is 393 g/mol. The Kier molecular flexibility index (Phi) is 5.18. The number of hydrogen-bond donors (Lipinski definition) is 0. The lowest BCUT2D eigenvalue weighted by molar-refractivity contribution is 0.0613. The minimum atomic E-state index is -0.0993. The zero-order chi connectivity index (χ0) is 20.5. The van der Waals surface area contributed by atoms with Crippen molar-refractivity contribution in [3.05, 3.63) is 47.7 Å². The Labute approximate surface area is 170 Å². The van der Waals surface area contributed by atoms with Crippen molar-refractivity contribution in [1.29, 1.82) is 0 Å². The van der Waals surface area contributed by atoms with Gasteiger partial charge in [-0.15, -0.1) is 0 Å². The van der Waals surface area contributed by atoms with Gasteiger partial charge in [0.1, 0.15) is 5.58 Å². The predicted octanol–water partition coefficient (Wildman–Crippen LogP) is 4.11. The first-order valence-corrected chi connectivity index (χ1v) is 10.3. The zero-order valence-corrected chi connectivity index (χ0v) is 17.3. The van der Waals surface area contributed by atoms with Crippen molar-refractivity contribution < 1.29 is 14.0 Å². The van der Waals surface area contributed by atoms with E-state index in [4.69, 9.17) is 4.42 Å². The van der Waals surface area contributed by atoms with E-state index in [0.717, 1.165) is 27.3 Å². The third kappa shape index (κ3) is 3.33. The van der Waals surface area contributed by atoms with Crippen molar-refractivity contribution in [3.63, 3.8) is 0 Å². The summed E-state index contributed by atoms with van der Waals surface area (Å²) in [5.74, 6) is 0.303. The average Bonchev–Trinajstić information content (AvgIpc) is 3.11. The quantitative estimate of drug-likeness (QED) is 0.673. The first kappa shape index (κ1) is 19.3. The van der Waals surface area contributed by atoms with Gasteiger partial charge in [-0.05, 0) is 26.2 Å². The highest BCUT2D eigenvalue weighted by Gasteiger charge is 2.29. The summed E-state index contributed by atoms with van der Waals surface area (Å²) in [5, 5.41) is 3.08. The summed E-state index contributed by atoms with van der Waals surface area (Å²) in [6.45, 7) is 9.42. The molecule has 6 heteroatoms. The van der Waals surface area contributed by atoms with E-state index in [1.165, 1.54) is 0 Å². The number of aryl methyl sites for hydroxylation is 1. The van der Waals surface area contributed by atoms with Gasteiger partial charge in [-0.2, -0.15) is 0 Å². The molecule has 29 heavy (non-hydrogen) atoms. The SMILES string of the molecule is CCN(CC)C(=O)N1CCN(C(=O)c2oc3c(ccc4ccccc43)c2C)CC1. The van der Waals surface area contributed by atoms with Crippen LogP contribution in [0.2, 0.25) is 0 Å². The van der Waals surface area contributed by atoms with E-state index < -0.39 is 0 Å². The highest BCUT2D eigenvalue weighted by molar-refractivity contribution is 6.08. The fourth-order valence-electron chi connectivity index (χ4n) is 4.09. The number of piperazine rings is 1. The van der Waals surface area contributed by atoms with Gasteiger partial charge in [0.15, 0.2) is 5.76 Å². The molecule has 0 unspecified atom stereocenters. The van der Waals surface area contributed by atoms with E-state index in [1.807, 2.05) is 60.9 Å². The molecule has 0 N–H and O–H groups in total. The molecule has 152 valence electrons. The molecule has 1 saturated heterocycles. The van der Waals surface area contributed by atoms with Crippen LogP contribution in [0.1, 0.15) is 30.0 Å². The Hall–Kier alpha value is -3.02. The Morgan fingerprint density at radius 3 is 2.28 bits per heavy atom. The number of benzene rings is 2. The standard InChI is InChI=1S/C23H27N3O3/c1-4-24(5-2)23(28)26-14-12-25(13-15-26)22(27)20-16(3)18-11-10-17-8-6-7-9-19(17)21(18)29-20/h6-11H,4-5,12-15H2,1-3H3. The summed E-state index contributed by atoms with van der Waals surface area (Å²) < 4.78 is 6.09. The molecule has 1 aliphatic heterocycles. The molecule has 4 rings (SSSR count). The highest BCUT2D eigenvalue weighted by Crippen LogP contribution is 2.32. The van der Waals surface area contributed by atoms with E-state index in [2.05, 4.69) is 6.07 Å². The van der Waals surface area contributed by atoms with Crippen molar-refractivity contribution in [3.8, 4) is 0 Å². The van der Waals surface area contributed by atoms with Crippen molar-refractivity contribution in [2.24, 2.45) is 0 Å². The molecule has 0 bridgehead atoms. The fourth-order valence-corrected chi connectivity index (χ4v) is 4.09. The van der Waals surface area contributed by atoms with Crippen LogP contribution in [0.5, 0.6) is 0 Å². The zero-order valence-electron chi connectivity index (χ0n) is 17.3. The van der Waals surface area contributed by atoms with Crippen molar-refractivity contribution in [2.75, 3.05) is 39.3 Å². The largest absolute Gasteiger partial charge is 0.450 e. The lowest BCUT2D eigenvalue weighted by atomic mass is 10.1. The number of amides is 3. The molecule has 0 saturated carbocycles. The second kappa shape index (κ2) is 7.78. The number of carbonyl (C=O) groups excluding carboxylic acids is 2. The molecule has 2 aromatic carbocycles. The second-order valence-corrected chi connectivity index (χ2v) is 7.45. The van der Waals surface area contributed by atoms with Crippen LogP contribution >= 0.6 is 0 Å². The van der Waals surface area contributed by atoms with Gasteiger partial charge in [0.05, 0.1) is 0 Å². The molecular formula is C23H27N3O3. The van der Waals surface area contributed by atoms with Crippen LogP contribution in [0.25, 0.3) is 21.7 Å². The molecule has 6 nitrogen and oxygen atoms in total. The number of fused-ring (bicyclic) bond motifs is 3.